The van der Waals surface area contributed by atoms with E-state index in [-0.39, 0.29) is 0 Å². The molecular formula is C44H29N3O2. The molecule has 232 valence electrons. The van der Waals surface area contributed by atoms with Gasteiger partial charge in [-0.1, -0.05) is 91.0 Å². The van der Waals surface area contributed by atoms with Crippen molar-refractivity contribution in [1.29, 1.82) is 0 Å². The normalized spacial score (nSPS) is 11.3. The quantitative estimate of drug-likeness (QED) is 0.175. The maximum absolute atomic E-state index is 6.08. The van der Waals surface area contributed by atoms with Crippen LogP contribution in [0.4, 0.5) is 17.1 Å². The number of para-hydroxylation sites is 4. The van der Waals surface area contributed by atoms with Gasteiger partial charge in [-0.3, -0.25) is 0 Å². The molecule has 0 radical (unpaired) electrons. The molecule has 9 rings (SSSR count). The second-order valence-corrected chi connectivity index (χ2v) is 11.9. The van der Waals surface area contributed by atoms with Gasteiger partial charge in [-0.25, -0.2) is 9.97 Å². The number of fused-ring (bicyclic) bond motifs is 2. The van der Waals surface area contributed by atoms with Gasteiger partial charge in [-0.2, -0.15) is 0 Å². The van der Waals surface area contributed by atoms with Crippen LogP contribution in [0.3, 0.4) is 0 Å². The second kappa shape index (κ2) is 12.1. The van der Waals surface area contributed by atoms with E-state index in [1.807, 2.05) is 48.5 Å². The summed E-state index contributed by atoms with van der Waals surface area (Å²) >= 11 is 0. The van der Waals surface area contributed by atoms with Gasteiger partial charge in [-0.15, -0.1) is 0 Å². The number of rotatable bonds is 7. The molecule has 2 heterocycles. The summed E-state index contributed by atoms with van der Waals surface area (Å²) in [6.45, 7) is 0. The highest BCUT2D eigenvalue weighted by molar-refractivity contribution is 5.89. The van der Waals surface area contributed by atoms with Gasteiger partial charge in [0.25, 0.3) is 0 Å². The van der Waals surface area contributed by atoms with E-state index in [0.717, 1.165) is 61.5 Å². The summed E-state index contributed by atoms with van der Waals surface area (Å²) in [7, 11) is 0. The molecule has 0 aliphatic rings. The highest BCUT2D eigenvalue weighted by Gasteiger charge is 2.18. The van der Waals surface area contributed by atoms with E-state index >= 15 is 0 Å². The molecule has 0 aliphatic carbocycles. The van der Waals surface area contributed by atoms with Crippen LogP contribution in [-0.4, -0.2) is 9.97 Å². The van der Waals surface area contributed by atoms with Crippen LogP contribution in [-0.2, 0) is 0 Å². The predicted molar refractivity (Wildman–Crippen MR) is 198 cm³/mol. The molecule has 0 bridgehead atoms. The first-order chi connectivity index (χ1) is 24.3. The number of aromatic nitrogens is 2. The average Bonchev–Trinajstić information content (AvgIpc) is 3.81. The lowest BCUT2D eigenvalue weighted by atomic mass is 9.93. The zero-order valence-corrected chi connectivity index (χ0v) is 26.4. The van der Waals surface area contributed by atoms with Crippen LogP contribution < -0.4 is 4.90 Å². The van der Waals surface area contributed by atoms with Gasteiger partial charge < -0.3 is 13.7 Å². The average molecular weight is 632 g/mol. The van der Waals surface area contributed by atoms with Gasteiger partial charge in [0.05, 0.1) is 0 Å². The van der Waals surface area contributed by atoms with E-state index in [4.69, 9.17) is 18.8 Å². The molecule has 5 heteroatoms. The lowest BCUT2D eigenvalue weighted by Gasteiger charge is -2.27. The van der Waals surface area contributed by atoms with Crippen molar-refractivity contribution in [2.45, 2.75) is 0 Å². The van der Waals surface area contributed by atoms with Crippen LogP contribution >= 0.6 is 0 Å². The fourth-order valence-electron chi connectivity index (χ4n) is 6.34. The van der Waals surface area contributed by atoms with Crippen LogP contribution in [0, 0.1) is 0 Å². The van der Waals surface area contributed by atoms with Crippen molar-refractivity contribution in [3.8, 4) is 45.2 Å². The molecule has 0 saturated heterocycles. The summed E-state index contributed by atoms with van der Waals surface area (Å²) in [5.41, 5.74) is 12.7. The Bertz CT molecular complexity index is 2350. The van der Waals surface area contributed by atoms with Gasteiger partial charge in [0.15, 0.2) is 11.2 Å². The van der Waals surface area contributed by atoms with Gasteiger partial charge in [0, 0.05) is 28.2 Å². The number of nitrogens with zero attached hydrogens (tertiary/aromatic N) is 3. The summed E-state index contributed by atoms with van der Waals surface area (Å²) < 4.78 is 12.2. The van der Waals surface area contributed by atoms with E-state index in [1.165, 1.54) is 11.1 Å². The molecule has 0 saturated carbocycles. The molecular weight excluding hydrogens is 603 g/mol. The SMILES string of the molecule is c1ccc(-c2ccc(N(c3ccc(-c4nc5ccccc5o4)cc3)c3ccc(-c4nc5ccccc5o4)cc3)cc2-c2ccccc2)cc1. The molecule has 0 unspecified atom stereocenters. The van der Waals surface area contributed by atoms with E-state index < -0.39 is 0 Å². The summed E-state index contributed by atoms with van der Waals surface area (Å²) in [6, 6.07) is 60.2. The fraction of sp³-hybridized carbons (Fsp3) is 0. The Hall–Kier alpha value is -6.72. The zero-order chi connectivity index (χ0) is 32.6. The standard InChI is InChI=1S/C44H29N3O2/c1-3-11-30(12-4-1)37-28-27-36(29-38(37)31-13-5-2-6-14-31)47(34-23-19-32(20-24-34)43-45-39-15-7-9-17-41(39)48-43)35-25-21-33(22-26-35)44-46-40-16-8-10-18-42(40)49-44/h1-29H. The lowest BCUT2D eigenvalue weighted by Crippen LogP contribution is -2.10. The number of hydrogen-bond acceptors (Lipinski definition) is 5. The van der Waals surface area contributed by atoms with Crippen molar-refractivity contribution >= 4 is 39.3 Å². The fourth-order valence-corrected chi connectivity index (χ4v) is 6.34. The third kappa shape index (κ3) is 5.43. The maximum Gasteiger partial charge on any atom is 0.227 e. The second-order valence-electron chi connectivity index (χ2n) is 11.9. The van der Waals surface area contributed by atoms with Crippen LogP contribution in [0.2, 0.25) is 0 Å². The highest BCUT2D eigenvalue weighted by atomic mass is 16.4. The number of benzene rings is 7. The van der Waals surface area contributed by atoms with Crippen molar-refractivity contribution in [3.63, 3.8) is 0 Å². The van der Waals surface area contributed by atoms with E-state index in [0.29, 0.717) is 11.8 Å². The Morgan fingerprint density at radius 2 is 0.776 bits per heavy atom. The topological polar surface area (TPSA) is 55.3 Å². The smallest absolute Gasteiger partial charge is 0.227 e. The molecule has 7 aromatic carbocycles. The van der Waals surface area contributed by atoms with Crippen molar-refractivity contribution in [2.24, 2.45) is 0 Å². The Kier molecular flexibility index (Phi) is 7.06. The number of hydrogen-bond donors (Lipinski definition) is 0. The highest BCUT2D eigenvalue weighted by Crippen LogP contribution is 2.41. The van der Waals surface area contributed by atoms with Crippen LogP contribution in [0.25, 0.3) is 67.4 Å². The molecule has 0 atom stereocenters. The monoisotopic (exact) mass is 631 g/mol. The van der Waals surface area contributed by atoms with Crippen molar-refractivity contribution in [3.05, 3.63) is 176 Å². The van der Waals surface area contributed by atoms with Gasteiger partial charge in [0.2, 0.25) is 11.8 Å². The Morgan fingerprint density at radius 1 is 0.347 bits per heavy atom. The minimum absolute atomic E-state index is 0.598. The molecule has 0 spiro atoms. The molecule has 2 aromatic heterocycles. The molecule has 0 N–H and O–H groups in total. The maximum atomic E-state index is 6.08. The van der Waals surface area contributed by atoms with Gasteiger partial charge >= 0.3 is 0 Å². The first kappa shape index (κ1) is 28.5. The minimum atomic E-state index is 0.598. The molecule has 49 heavy (non-hydrogen) atoms. The number of oxazole rings is 2. The summed E-state index contributed by atoms with van der Waals surface area (Å²) in [6.07, 6.45) is 0. The molecule has 9 aromatic rings. The van der Waals surface area contributed by atoms with E-state index in [9.17, 15) is 0 Å². The van der Waals surface area contributed by atoms with Gasteiger partial charge in [0.1, 0.15) is 11.0 Å². The first-order valence-electron chi connectivity index (χ1n) is 16.2. The molecule has 5 nitrogen and oxygen atoms in total. The third-order valence-corrected chi connectivity index (χ3v) is 8.76. The van der Waals surface area contributed by atoms with Gasteiger partial charge in [-0.05, 0) is 107 Å². The van der Waals surface area contributed by atoms with Crippen LogP contribution in [0.5, 0.6) is 0 Å². The number of anilines is 3. The van der Waals surface area contributed by atoms with E-state index in [2.05, 4.69) is 132 Å². The summed E-state index contributed by atoms with van der Waals surface area (Å²) in [5.74, 6) is 1.20. The molecule has 0 aliphatic heterocycles. The van der Waals surface area contributed by atoms with Crippen molar-refractivity contribution in [1.82, 2.24) is 9.97 Å². The summed E-state index contributed by atoms with van der Waals surface area (Å²) in [5, 5.41) is 0. The predicted octanol–water partition coefficient (Wildman–Crippen LogP) is 12.1. The Labute approximate surface area is 283 Å². The summed E-state index contributed by atoms with van der Waals surface area (Å²) in [4.78, 5) is 11.7. The first-order valence-corrected chi connectivity index (χ1v) is 16.2. The lowest BCUT2D eigenvalue weighted by molar-refractivity contribution is 0.619. The largest absolute Gasteiger partial charge is 0.436 e. The Balaban J connectivity index is 1.16. The van der Waals surface area contributed by atoms with Crippen LogP contribution in [0.1, 0.15) is 0 Å². The molecule has 0 fully saturated rings. The Morgan fingerprint density at radius 3 is 1.27 bits per heavy atom. The third-order valence-electron chi connectivity index (χ3n) is 8.76. The van der Waals surface area contributed by atoms with Crippen molar-refractivity contribution < 1.29 is 8.83 Å². The zero-order valence-electron chi connectivity index (χ0n) is 26.4. The van der Waals surface area contributed by atoms with E-state index in [1.54, 1.807) is 0 Å². The van der Waals surface area contributed by atoms with Crippen molar-refractivity contribution in [2.75, 3.05) is 4.90 Å². The molecule has 0 amide bonds. The minimum Gasteiger partial charge on any atom is -0.436 e. The van der Waals surface area contributed by atoms with Crippen LogP contribution in [0.15, 0.2) is 185 Å².